The zero-order chi connectivity index (χ0) is 13.7. The lowest BCUT2D eigenvalue weighted by atomic mass is 9.67. The topological polar surface area (TPSA) is 61.4 Å². The second-order valence-corrected chi connectivity index (χ2v) is 7.18. The molecule has 2 saturated carbocycles. The van der Waals surface area contributed by atoms with Crippen LogP contribution in [0.4, 0.5) is 0 Å². The average Bonchev–Trinajstić information content (AvgIpc) is 3.00. The number of carbonyl (C=O) groups excluding carboxylic acids is 1. The lowest BCUT2D eigenvalue weighted by molar-refractivity contribution is -0.142. The summed E-state index contributed by atoms with van der Waals surface area (Å²) in [6.45, 7) is 6.08. The second-order valence-electron chi connectivity index (χ2n) is 7.18. The minimum absolute atomic E-state index is 0.0698. The highest BCUT2D eigenvalue weighted by Gasteiger charge is 2.67. The van der Waals surface area contributed by atoms with E-state index in [1.807, 2.05) is 0 Å². The predicted molar refractivity (Wildman–Crippen MR) is 73.6 cm³/mol. The molecule has 1 saturated heterocycles. The highest BCUT2D eigenvalue weighted by atomic mass is 16.3. The Balaban J connectivity index is 1.70. The molecule has 0 spiro atoms. The van der Waals surface area contributed by atoms with Crippen molar-refractivity contribution >= 4 is 5.91 Å². The van der Waals surface area contributed by atoms with Crippen molar-refractivity contribution in [3.63, 3.8) is 0 Å². The third kappa shape index (κ3) is 1.76. The number of amides is 1. The average molecular weight is 266 g/mol. The number of aliphatic hydroxyl groups is 1. The van der Waals surface area contributed by atoms with Crippen LogP contribution in [0.3, 0.4) is 0 Å². The fourth-order valence-corrected chi connectivity index (χ4v) is 4.79. The highest BCUT2D eigenvalue weighted by molar-refractivity contribution is 5.85. The van der Waals surface area contributed by atoms with E-state index in [2.05, 4.69) is 24.5 Å². The van der Waals surface area contributed by atoms with Gasteiger partial charge >= 0.3 is 0 Å². The molecule has 0 radical (unpaired) electrons. The second kappa shape index (κ2) is 4.45. The Morgan fingerprint density at radius 3 is 2.74 bits per heavy atom. The van der Waals surface area contributed by atoms with Crippen LogP contribution in [0.25, 0.3) is 0 Å². The third-order valence-electron chi connectivity index (χ3n) is 6.21. The van der Waals surface area contributed by atoms with Gasteiger partial charge in [0.05, 0.1) is 11.5 Å². The number of carbonyl (C=O) groups is 1. The first-order chi connectivity index (χ1) is 8.98. The number of hydrogen-bond acceptors (Lipinski definition) is 3. The quantitative estimate of drug-likeness (QED) is 0.715. The molecule has 3 fully saturated rings. The molecule has 0 aromatic carbocycles. The van der Waals surface area contributed by atoms with E-state index >= 15 is 0 Å². The smallest absolute Gasteiger partial charge is 0.229 e. The summed E-state index contributed by atoms with van der Waals surface area (Å²) in [7, 11) is 0. The molecule has 2 bridgehead atoms. The first-order valence-electron chi connectivity index (χ1n) is 7.68. The van der Waals surface area contributed by atoms with Crippen LogP contribution in [-0.2, 0) is 4.79 Å². The van der Waals surface area contributed by atoms with Gasteiger partial charge in [0.25, 0.3) is 0 Å². The van der Waals surface area contributed by atoms with Crippen molar-refractivity contribution in [2.75, 3.05) is 13.1 Å². The summed E-state index contributed by atoms with van der Waals surface area (Å²) in [5, 5.41) is 16.9. The van der Waals surface area contributed by atoms with E-state index in [0.717, 1.165) is 32.2 Å². The molecule has 0 aromatic heterocycles. The summed E-state index contributed by atoms with van der Waals surface area (Å²) in [5.74, 6) is 0.580. The van der Waals surface area contributed by atoms with E-state index in [1.165, 1.54) is 6.42 Å². The van der Waals surface area contributed by atoms with Crippen LogP contribution in [-0.4, -0.2) is 36.2 Å². The summed E-state index contributed by atoms with van der Waals surface area (Å²) in [5.41, 5.74) is -0.615. The summed E-state index contributed by atoms with van der Waals surface area (Å²) in [4.78, 5) is 12.7. The molecule has 0 unspecified atom stereocenters. The molecule has 3 aliphatic rings. The van der Waals surface area contributed by atoms with Crippen LogP contribution < -0.4 is 10.6 Å². The SMILES string of the molecule is CC1(C)[C@@H]2CC[C@@]1(C(=O)NC[C@@H]1CCCN1)[C@H](O)C2. The molecule has 4 nitrogen and oxygen atoms in total. The van der Waals surface area contributed by atoms with E-state index in [0.29, 0.717) is 18.5 Å². The Morgan fingerprint density at radius 2 is 2.21 bits per heavy atom. The van der Waals surface area contributed by atoms with Gasteiger partial charge in [-0.3, -0.25) is 4.79 Å². The van der Waals surface area contributed by atoms with Gasteiger partial charge in [-0.05, 0) is 50.0 Å². The van der Waals surface area contributed by atoms with Crippen LogP contribution in [0, 0.1) is 16.7 Å². The molecule has 0 aromatic rings. The van der Waals surface area contributed by atoms with Crippen LogP contribution in [0.2, 0.25) is 0 Å². The molecule has 4 atom stereocenters. The van der Waals surface area contributed by atoms with Gasteiger partial charge in [0.2, 0.25) is 5.91 Å². The van der Waals surface area contributed by atoms with Crippen LogP contribution in [0.1, 0.15) is 46.0 Å². The lowest BCUT2D eigenvalue weighted by Crippen LogP contribution is -2.53. The van der Waals surface area contributed by atoms with Crippen molar-refractivity contribution in [1.82, 2.24) is 10.6 Å². The van der Waals surface area contributed by atoms with E-state index in [9.17, 15) is 9.90 Å². The summed E-state index contributed by atoms with van der Waals surface area (Å²) in [6, 6.07) is 0.416. The molecule has 3 N–H and O–H groups in total. The Kier molecular flexibility index (Phi) is 3.13. The first kappa shape index (κ1) is 13.4. The monoisotopic (exact) mass is 266 g/mol. The van der Waals surface area contributed by atoms with Gasteiger partial charge in [-0.1, -0.05) is 13.8 Å². The minimum Gasteiger partial charge on any atom is -0.392 e. The van der Waals surface area contributed by atoms with Crippen molar-refractivity contribution in [2.45, 2.75) is 58.1 Å². The lowest BCUT2D eigenvalue weighted by Gasteiger charge is -2.39. The maximum absolute atomic E-state index is 12.7. The molecule has 19 heavy (non-hydrogen) atoms. The van der Waals surface area contributed by atoms with E-state index < -0.39 is 11.5 Å². The number of rotatable bonds is 3. The van der Waals surface area contributed by atoms with Gasteiger partial charge in [-0.15, -0.1) is 0 Å². The summed E-state index contributed by atoms with van der Waals surface area (Å²) in [6.07, 6.45) is 4.60. The predicted octanol–water partition coefficient (Wildman–Crippen LogP) is 1.04. The molecule has 108 valence electrons. The minimum atomic E-state index is -0.545. The van der Waals surface area contributed by atoms with Gasteiger partial charge < -0.3 is 15.7 Å². The molecule has 1 heterocycles. The van der Waals surface area contributed by atoms with Crippen molar-refractivity contribution in [1.29, 1.82) is 0 Å². The van der Waals surface area contributed by atoms with Gasteiger partial charge in [-0.2, -0.15) is 0 Å². The fraction of sp³-hybridized carbons (Fsp3) is 0.933. The first-order valence-corrected chi connectivity index (χ1v) is 7.68. The van der Waals surface area contributed by atoms with E-state index in [1.54, 1.807) is 0 Å². The number of hydrogen-bond donors (Lipinski definition) is 3. The zero-order valence-corrected chi connectivity index (χ0v) is 12.0. The number of aliphatic hydroxyl groups excluding tert-OH is 1. The van der Waals surface area contributed by atoms with Crippen molar-refractivity contribution in [2.24, 2.45) is 16.7 Å². The molecule has 3 rings (SSSR count). The Labute approximate surface area is 115 Å². The summed E-state index contributed by atoms with van der Waals surface area (Å²) < 4.78 is 0. The Bertz CT molecular complexity index is 376. The van der Waals surface area contributed by atoms with Gasteiger partial charge in [0, 0.05) is 12.6 Å². The molecular formula is C15H26N2O2. The maximum Gasteiger partial charge on any atom is 0.229 e. The van der Waals surface area contributed by atoms with Crippen molar-refractivity contribution in [3.05, 3.63) is 0 Å². The van der Waals surface area contributed by atoms with Crippen molar-refractivity contribution in [3.8, 4) is 0 Å². The molecular weight excluding hydrogens is 240 g/mol. The van der Waals surface area contributed by atoms with Gasteiger partial charge in [-0.25, -0.2) is 0 Å². The standard InChI is InChI=1S/C15H26N2O2/c1-14(2)10-5-6-15(14,12(18)8-10)13(19)17-9-11-4-3-7-16-11/h10-12,16,18H,3-9H2,1-2H3,(H,17,19)/t10-,11+,12-,15+/m1/s1. The largest absolute Gasteiger partial charge is 0.392 e. The van der Waals surface area contributed by atoms with Gasteiger partial charge in [0.1, 0.15) is 0 Å². The Hall–Kier alpha value is -0.610. The molecule has 2 aliphatic carbocycles. The molecule has 1 amide bonds. The van der Waals surface area contributed by atoms with E-state index in [-0.39, 0.29) is 11.3 Å². The molecule has 1 aliphatic heterocycles. The fourth-order valence-electron chi connectivity index (χ4n) is 4.79. The maximum atomic E-state index is 12.7. The van der Waals surface area contributed by atoms with Crippen LogP contribution >= 0.6 is 0 Å². The third-order valence-corrected chi connectivity index (χ3v) is 6.21. The van der Waals surface area contributed by atoms with Crippen molar-refractivity contribution < 1.29 is 9.90 Å². The normalized spacial score (nSPS) is 43.6. The van der Waals surface area contributed by atoms with Crippen LogP contribution in [0.5, 0.6) is 0 Å². The highest BCUT2D eigenvalue weighted by Crippen LogP contribution is 2.65. The van der Waals surface area contributed by atoms with Gasteiger partial charge in [0.15, 0.2) is 0 Å². The zero-order valence-electron chi connectivity index (χ0n) is 12.0. The number of nitrogens with one attached hydrogen (secondary N) is 2. The Morgan fingerprint density at radius 1 is 1.42 bits per heavy atom. The van der Waals surface area contributed by atoms with Crippen LogP contribution in [0.15, 0.2) is 0 Å². The number of fused-ring (bicyclic) bond motifs is 2. The molecule has 4 heteroatoms. The summed E-state index contributed by atoms with van der Waals surface area (Å²) >= 11 is 0. The van der Waals surface area contributed by atoms with E-state index in [4.69, 9.17) is 0 Å².